The number of aliphatic hydroxyl groups excluding tert-OH is 1. The molecule has 2 unspecified atom stereocenters. The third-order valence-electron chi connectivity index (χ3n) is 5.00. The fourth-order valence-electron chi connectivity index (χ4n) is 3.52. The molecule has 1 heterocycles. The smallest absolute Gasteiger partial charge is 0.145 e. The number of ether oxygens (including phenoxy) is 2. The fourth-order valence-corrected chi connectivity index (χ4v) is 3.73. The van der Waals surface area contributed by atoms with Gasteiger partial charge in [-0.1, -0.05) is 28.9 Å². The lowest BCUT2D eigenvalue weighted by atomic mass is 10.0. The van der Waals surface area contributed by atoms with E-state index in [0.29, 0.717) is 37.7 Å². The van der Waals surface area contributed by atoms with Crippen LogP contribution in [0.15, 0.2) is 53.7 Å². The molecule has 6 nitrogen and oxygen atoms in total. The minimum atomic E-state index is -0.593. The van der Waals surface area contributed by atoms with Crippen LogP contribution in [0.25, 0.3) is 0 Å². The molecule has 1 N–H and O–H groups in total. The monoisotopic (exact) mass is 446 g/mol. The van der Waals surface area contributed by atoms with E-state index in [4.69, 9.17) is 25.9 Å². The van der Waals surface area contributed by atoms with Crippen LogP contribution < -0.4 is 4.74 Å². The Hall–Kier alpha value is -2.12. The van der Waals surface area contributed by atoms with Gasteiger partial charge in [-0.25, -0.2) is 0 Å². The number of hydrogen-bond acceptors (Lipinski definition) is 6. The van der Waals surface area contributed by atoms with Crippen LogP contribution in [0.2, 0.25) is 5.02 Å². The zero-order chi connectivity index (χ0) is 22.2. The van der Waals surface area contributed by atoms with Gasteiger partial charge < -0.3 is 19.4 Å². The number of aliphatic hydroxyl groups is 1. The number of nitrogens with zero attached hydrogens (tertiary/aromatic N) is 2. The van der Waals surface area contributed by atoms with E-state index in [9.17, 15) is 5.11 Å². The minimum Gasteiger partial charge on any atom is -0.497 e. The van der Waals surface area contributed by atoms with Crippen LogP contribution in [0, 0.1) is 0 Å². The standard InChI is InChI=1S/C24H31ClN2O4/c1-17(2)30-16-21(28)14-27(13-18-5-4-6-20(25)11-18)15-23-12-24(26-31-23)19-7-9-22(29-3)10-8-19/h4-11,17,21,23,28H,12-16H2,1-3H3. The zero-order valence-electron chi connectivity index (χ0n) is 18.3. The van der Waals surface area contributed by atoms with Crippen molar-refractivity contribution in [2.45, 2.75) is 45.1 Å². The summed E-state index contributed by atoms with van der Waals surface area (Å²) in [7, 11) is 1.65. The largest absolute Gasteiger partial charge is 0.497 e. The second kappa shape index (κ2) is 11.5. The highest BCUT2D eigenvalue weighted by atomic mass is 35.5. The molecule has 1 aliphatic heterocycles. The molecule has 168 valence electrons. The van der Waals surface area contributed by atoms with Gasteiger partial charge in [0, 0.05) is 31.1 Å². The molecule has 2 atom stereocenters. The average Bonchev–Trinajstić information content (AvgIpc) is 3.20. The van der Waals surface area contributed by atoms with Gasteiger partial charge in [0.2, 0.25) is 0 Å². The van der Waals surface area contributed by atoms with Gasteiger partial charge in [0.05, 0.1) is 31.6 Å². The van der Waals surface area contributed by atoms with Crippen molar-refractivity contribution >= 4 is 17.3 Å². The summed E-state index contributed by atoms with van der Waals surface area (Å²) in [5, 5.41) is 15.5. The first-order valence-corrected chi connectivity index (χ1v) is 10.9. The van der Waals surface area contributed by atoms with Crippen molar-refractivity contribution in [3.8, 4) is 5.75 Å². The zero-order valence-corrected chi connectivity index (χ0v) is 19.1. The molecule has 31 heavy (non-hydrogen) atoms. The first-order valence-electron chi connectivity index (χ1n) is 10.6. The Morgan fingerprint density at radius 2 is 2.00 bits per heavy atom. The van der Waals surface area contributed by atoms with E-state index in [0.717, 1.165) is 22.6 Å². The molecule has 7 heteroatoms. The van der Waals surface area contributed by atoms with E-state index in [1.54, 1.807) is 7.11 Å². The predicted molar refractivity (Wildman–Crippen MR) is 123 cm³/mol. The SMILES string of the molecule is COc1ccc(C2=NOC(CN(Cc3cccc(Cl)c3)CC(O)COC(C)C)C2)cc1. The maximum Gasteiger partial charge on any atom is 0.145 e. The van der Waals surface area contributed by atoms with Crippen molar-refractivity contribution in [1.82, 2.24) is 4.90 Å². The van der Waals surface area contributed by atoms with Gasteiger partial charge >= 0.3 is 0 Å². The quantitative estimate of drug-likeness (QED) is 0.562. The topological polar surface area (TPSA) is 63.5 Å². The highest BCUT2D eigenvalue weighted by molar-refractivity contribution is 6.30. The fraction of sp³-hybridized carbons (Fsp3) is 0.458. The lowest BCUT2D eigenvalue weighted by Gasteiger charge is -2.27. The number of rotatable bonds is 11. The Bertz CT molecular complexity index is 857. The Kier molecular flexibility index (Phi) is 8.72. The van der Waals surface area contributed by atoms with Gasteiger partial charge in [0.25, 0.3) is 0 Å². The summed E-state index contributed by atoms with van der Waals surface area (Å²) in [5.74, 6) is 0.810. The summed E-state index contributed by atoms with van der Waals surface area (Å²) in [6.45, 7) is 5.97. The molecule has 0 fully saturated rings. The number of oxime groups is 1. The van der Waals surface area contributed by atoms with E-state index in [-0.39, 0.29) is 12.2 Å². The minimum absolute atomic E-state index is 0.0784. The highest BCUT2D eigenvalue weighted by Crippen LogP contribution is 2.21. The normalized spacial score (nSPS) is 17.0. The molecule has 0 saturated carbocycles. The van der Waals surface area contributed by atoms with Crippen LogP contribution >= 0.6 is 11.6 Å². The molecular formula is C24H31ClN2O4. The van der Waals surface area contributed by atoms with Crippen molar-refractivity contribution in [3.63, 3.8) is 0 Å². The van der Waals surface area contributed by atoms with Gasteiger partial charge in [-0.05, 0) is 61.4 Å². The van der Waals surface area contributed by atoms with E-state index in [1.807, 2.05) is 62.4 Å². The van der Waals surface area contributed by atoms with Crippen molar-refractivity contribution in [2.24, 2.45) is 5.16 Å². The molecular weight excluding hydrogens is 416 g/mol. The number of benzene rings is 2. The Morgan fingerprint density at radius 1 is 1.23 bits per heavy atom. The molecule has 0 aliphatic carbocycles. The summed E-state index contributed by atoms with van der Waals surface area (Å²) in [6, 6.07) is 15.6. The van der Waals surface area contributed by atoms with Gasteiger partial charge in [-0.15, -0.1) is 0 Å². The number of halogens is 1. The molecule has 0 bridgehead atoms. The Morgan fingerprint density at radius 3 is 2.68 bits per heavy atom. The van der Waals surface area contributed by atoms with Crippen molar-refractivity contribution in [2.75, 3.05) is 26.8 Å². The van der Waals surface area contributed by atoms with Crippen LogP contribution in [-0.2, 0) is 16.1 Å². The van der Waals surface area contributed by atoms with Crippen LogP contribution in [0.3, 0.4) is 0 Å². The molecule has 2 aromatic rings. The average molecular weight is 447 g/mol. The first kappa shape index (κ1) is 23.5. The van der Waals surface area contributed by atoms with E-state index in [2.05, 4.69) is 10.1 Å². The van der Waals surface area contributed by atoms with Gasteiger partial charge in [0.15, 0.2) is 0 Å². The first-order chi connectivity index (χ1) is 14.9. The van der Waals surface area contributed by atoms with Gasteiger partial charge in [0.1, 0.15) is 11.9 Å². The summed E-state index contributed by atoms with van der Waals surface area (Å²) >= 11 is 6.16. The molecule has 0 spiro atoms. The molecule has 0 amide bonds. The van der Waals surface area contributed by atoms with E-state index in [1.165, 1.54) is 0 Å². The summed E-state index contributed by atoms with van der Waals surface area (Å²) in [6.07, 6.45) is 0.103. The maximum atomic E-state index is 10.5. The Balaban J connectivity index is 1.62. The molecule has 2 aromatic carbocycles. The molecule has 1 aliphatic rings. The van der Waals surface area contributed by atoms with Crippen molar-refractivity contribution < 1.29 is 19.4 Å². The molecule has 0 aromatic heterocycles. The van der Waals surface area contributed by atoms with Crippen LogP contribution in [-0.4, -0.2) is 60.8 Å². The van der Waals surface area contributed by atoms with Gasteiger partial charge in [-0.3, -0.25) is 4.90 Å². The summed E-state index contributed by atoms with van der Waals surface area (Å²) in [5.41, 5.74) is 3.02. The number of hydrogen-bond donors (Lipinski definition) is 1. The van der Waals surface area contributed by atoms with Crippen molar-refractivity contribution in [3.05, 3.63) is 64.7 Å². The molecule has 0 saturated heterocycles. The second-order valence-corrected chi connectivity index (χ2v) is 8.49. The predicted octanol–water partition coefficient (Wildman–Crippen LogP) is 4.13. The lowest BCUT2D eigenvalue weighted by molar-refractivity contribution is -0.0194. The molecule has 3 rings (SSSR count). The molecule has 0 radical (unpaired) electrons. The third kappa shape index (κ3) is 7.51. The number of methoxy groups -OCH3 is 1. The van der Waals surface area contributed by atoms with Crippen LogP contribution in [0.1, 0.15) is 31.4 Å². The van der Waals surface area contributed by atoms with E-state index >= 15 is 0 Å². The maximum absolute atomic E-state index is 10.5. The van der Waals surface area contributed by atoms with Crippen LogP contribution in [0.5, 0.6) is 5.75 Å². The summed E-state index contributed by atoms with van der Waals surface area (Å²) in [4.78, 5) is 7.89. The van der Waals surface area contributed by atoms with Gasteiger partial charge in [-0.2, -0.15) is 0 Å². The highest BCUT2D eigenvalue weighted by Gasteiger charge is 2.26. The summed E-state index contributed by atoms with van der Waals surface area (Å²) < 4.78 is 10.8. The third-order valence-corrected chi connectivity index (χ3v) is 5.24. The van der Waals surface area contributed by atoms with Crippen LogP contribution in [0.4, 0.5) is 0 Å². The Labute approximate surface area is 189 Å². The lowest BCUT2D eigenvalue weighted by Crippen LogP contribution is -2.39. The van der Waals surface area contributed by atoms with E-state index < -0.39 is 6.10 Å². The van der Waals surface area contributed by atoms with Crippen molar-refractivity contribution in [1.29, 1.82) is 0 Å². The second-order valence-electron chi connectivity index (χ2n) is 8.06.